The molecule has 15 heavy (non-hydrogen) atoms. The molecule has 0 atom stereocenters. The fourth-order valence-corrected chi connectivity index (χ4v) is 0.905. The molecule has 0 radical (unpaired) electrons. The number of hydrogen-bond acceptors (Lipinski definition) is 3. The monoisotopic (exact) mass is 216 g/mol. The molecule has 0 saturated carbocycles. The van der Waals surface area contributed by atoms with Crippen LogP contribution in [0.5, 0.6) is 0 Å². The van der Waals surface area contributed by atoms with Crippen LogP contribution in [0.4, 0.5) is 0 Å². The van der Waals surface area contributed by atoms with Gasteiger partial charge in [0.15, 0.2) is 0 Å². The summed E-state index contributed by atoms with van der Waals surface area (Å²) in [5.41, 5.74) is 0. The van der Waals surface area contributed by atoms with Crippen molar-refractivity contribution < 1.29 is 14.3 Å². The van der Waals surface area contributed by atoms with Gasteiger partial charge in [0.05, 0.1) is 12.6 Å². The lowest BCUT2D eigenvalue weighted by Crippen LogP contribution is -2.40. The Hall–Kier alpha value is -1.10. The fraction of sp³-hybridized carbons (Fsp3) is 0.800. The summed E-state index contributed by atoms with van der Waals surface area (Å²) in [6, 6.07) is 0. The number of nitrogens with zero attached hydrogens (tertiary/aromatic N) is 1. The molecule has 5 heteroatoms. The molecule has 2 amide bonds. The highest BCUT2D eigenvalue weighted by Gasteiger charge is 2.12. The highest BCUT2D eigenvalue weighted by molar-refractivity contribution is 5.85. The van der Waals surface area contributed by atoms with Gasteiger partial charge in [-0.2, -0.15) is 0 Å². The average Bonchev–Trinajstić information content (AvgIpc) is 2.14. The van der Waals surface area contributed by atoms with Crippen LogP contribution in [0, 0.1) is 0 Å². The van der Waals surface area contributed by atoms with Gasteiger partial charge in [-0.05, 0) is 20.8 Å². The van der Waals surface area contributed by atoms with E-state index in [4.69, 9.17) is 4.74 Å². The van der Waals surface area contributed by atoms with E-state index in [2.05, 4.69) is 5.32 Å². The minimum atomic E-state index is -0.185. The van der Waals surface area contributed by atoms with Crippen molar-refractivity contribution in [2.24, 2.45) is 0 Å². The minimum absolute atomic E-state index is 0.0202. The van der Waals surface area contributed by atoms with Gasteiger partial charge in [-0.25, -0.2) is 0 Å². The minimum Gasteiger partial charge on any atom is -0.369 e. The van der Waals surface area contributed by atoms with Crippen LogP contribution in [0.3, 0.4) is 0 Å². The topological polar surface area (TPSA) is 58.6 Å². The first-order chi connectivity index (χ1) is 6.97. The molecule has 0 saturated heterocycles. The van der Waals surface area contributed by atoms with Crippen molar-refractivity contribution in [3.63, 3.8) is 0 Å². The van der Waals surface area contributed by atoms with Crippen LogP contribution < -0.4 is 5.32 Å². The summed E-state index contributed by atoms with van der Waals surface area (Å²) in [7, 11) is 1.58. The van der Waals surface area contributed by atoms with Gasteiger partial charge in [-0.15, -0.1) is 0 Å². The fourth-order valence-electron chi connectivity index (χ4n) is 0.905. The number of carbonyl (C=O) groups is 2. The molecular weight excluding hydrogens is 196 g/mol. The molecule has 0 unspecified atom stereocenters. The van der Waals surface area contributed by atoms with E-state index in [1.807, 2.05) is 20.8 Å². The number of carbonyl (C=O) groups excluding carboxylic acids is 2. The Balaban J connectivity index is 3.83. The zero-order valence-electron chi connectivity index (χ0n) is 9.87. The number of ether oxygens (including phenoxy) is 1. The molecule has 0 aromatic rings. The van der Waals surface area contributed by atoms with Gasteiger partial charge in [0.2, 0.25) is 11.8 Å². The van der Waals surface area contributed by atoms with E-state index in [1.165, 1.54) is 4.90 Å². The Labute approximate surface area is 90.8 Å². The van der Waals surface area contributed by atoms with E-state index in [-0.39, 0.29) is 31.1 Å². The van der Waals surface area contributed by atoms with Crippen molar-refractivity contribution in [1.29, 1.82) is 0 Å². The van der Waals surface area contributed by atoms with Gasteiger partial charge >= 0.3 is 0 Å². The van der Waals surface area contributed by atoms with Gasteiger partial charge in [0.1, 0.15) is 6.61 Å². The smallest absolute Gasteiger partial charge is 0.248 e. The highest BCUT2D eigenvalue weighted by atomic mass is 16.5. The van der Waals surface area contributed by atoms with E-state index in [1.54, 1.807) is 7.05 Å². The van der Waals surface area contributed by atoms with Gasteiger partial charge < -0.3 is 15.0 Å². The van der Waals surface area contributed by atoms with E-state index >= 15 is 0 Å². The van der Waals surface area contributed by atoms with E-state index < -0.39 is 0 Å². The maximum absolute atomic E-state index is 11.4. The molecule has 0 rings (SSSR count). The zero-order chi connectivity index (χ0) is 11.8. The van der Waals surface area contributed by atoms with E-state index in [0.29, 0.717) is 6.54 Å². The molecule has 5 nitrogen and oxygen atoms in total. The van der Waals surface area contributed by atoms with Crippen LogP contribution >= 0.6 is 0 Å². The number of likely N-dealkylation sites (N-methyl/N-ethyl adjacent to an activating group) is 2. The molecule has 1 N–H and O–H groups in total. The predicted octanol–water partition coefficient (Wildman–Crippen LogP) is 0.00590. The van der Waals surface area contributed by atoms with E-state index in [0.717, 1.165) is 0 Å². The van der Waals surface area contributed by atoms with Crippen LogP contribution in [0.2, 0.25) is 0 Å². The number of nitrogens with one attached hydrogen (secondary N) is 1. The summed E-state index contributed by atoms with van der Waals surface area (Å²) in [6.45, 7) is 6.22. The van der Waals surface area contributed by atoms with Crippen molar-refractivity contribution in [1.82, 2.24) is 10.2 Å². The van der Waals surface area contributed by atoms with E-state index in [9.17, 15) is 9.59 Å². The average molecular weight is 216 g/mol. The highest BCUT2D eigenvalue weighted by Crippen LogP contribution is 1.91. The third-order valence-electron chi connectivity index (χ3n) is 1.72. The zero-order valence-corrected chi connectivity index (χ0v) is 9.87. The van der Waals surface area contributed by atoms with Gasteiger partial charge in [-0.1, -0.05) is 0 Å². The second-order valence-electron chi connectivity index (χ2n) is 3.56. The summed E-state index contributed by atoms with van der Waals surface area (Å²) in [5, 5.41) is 2.62. The first kappa shape index (κ1) is 13.9. The second kappa shape index (κ2) is 7.23. The number of amides is 2. The molecule has 0 bridgehead atoms. The first-order valence-corrected chi connectivity index (χ1v) is 5.09. The van der Waals surface area contributed by atoms with Crippen LogP contribution in [0.1, 0.15) is 20.8 Å². The third-order valence-corrected chi connectivity index (χ3v) is 1.72. The molecular formula is C10H20N2O3. The van der Waals surface area contributed by atoms with Gasteiger partial charge in [-0.3, -0.25) is 9.59 Å². The predicted molar refractivity (Wildman–Crippen MR) is 57.4 cm³/mol. The van der Waals surface area contributed by atoms with Gasteiger partial charge in [0, 0.05) is 13.6 Å². The Morgan fingerprint density at radius 3 is 2.47 bits per heavy atom. The SMILES string of the molecule is CCNC(=O)CN(C)C(=O)COC(C)C. The largest absolute Gasteiger partial charge is 0.369 e. The summed E-state index contributed by atoms with van der Waals surface area (Å²) in [6.07, 6.45) is 0.0202. The lowest BCUT2D eigenvalue weighted by molar-refractivity contribution is -0.139. The molecule has 0 spiro atoms. The lowest BCUT2D eigenvalue weighted by atomic mass is 10.4. The molecule has 0 aromatic heterocycles. The van der Waals surface area contributed by atoms with Crippen molar-refractivity contribution in [2.45, 2.75) is 26.9 Å². The van der Waals surface area contributed by atoms with Crippen molar-refractivity contribution in [3.05, 3.63) is 0 Å². The maximum atomic E-state index is 11.4. The Morgan fingerprint density at radius 2 is 2.00 bits per heavy atom. The molecule has 0 aliphatic heterocycles. The van der Waals surface area contributed by atoms with Crippen LogP contribution in [0.25, 0.3) is 0 Å². The molecule has 88 valence electrons. The molecule has 0 fully saturated rings. The van der Waals surface area contributed by atoms with Crippen LogP contribution in [-0.2, 0) is 14.3 Å². The number of hydrogen-bond donors (Lipinski definition) is 1. The normalized spacial score (nSPS) is 10.2. The Kier molecular flexibility index (Phi) is 6.70. The quantitative estimate of drug-likeness (QED) is 0.680. The molecule has 0 aliphatic carbocycles. The molecule has 0 heterocycles. The van der Waals surface area contributed by atoms with Crippen molar-refractivity contribution in [2.75, 3.05) is 26.7 Å². The Bertz CT molecular complexity index is 217. The maximum Gasteiger partial charge on any atom is 0.248 e. The van der Waals surface area contributed by atoms with Gasteiger partial charge in [0.25, 0.3) is 0 Å². The first-order valence-electron chi connectivity index (χ1n) is 5.09. The lowest BCUT2D eigenvalue weighted by Gasteiger charge is -2.17. The molecule has 0 aliphatic rings. The summed E-state index contributed by atoms with van der Waals surface area (Å²) in [4.78, 5) is 23.9. The summed E-state index contributed by atoms with van der Waals surface area (Å²) in [5.74, 6) is -0.340. The van der Waals surface area contributed by atoms with Crippen LogP contribution in [-0.4, -0.2) is 49.6 Å². The van der Waals surface area contributed by atoms with Crippen molar-refractivity contribution in [3.8, 4) is 0 Å². The second-order valence-corrected chi connectivity index (χ2v) is 3.56. The van der Waals surface area contributed by atoms with Crippen LogP contribution in [0.15, 0.2) is 0 Å². The number of rotatable bonds is 6. The standard InChI is InChI=1S/C10H20N2O3/c1-5-11-9(13)6-12(4)10(14)7-15-8(2)3/h8H,5-7H2,1-4H3,(H,11,13). The third kappa shape index (κ3) is 6.90. The summed E-state index contributed by atoms with van der Waals surface area (Å²) < 4.78 is 5.14. The molecule has 0 aromatic carbocycles. The summed E-state index contributed by atoms with van der Waals surface area (Å²) >= 11 is 0. The van der Waals surface area contributed by atoms with Crippen molar-refractivity contribution >= 4 is 11.8 Å². The Morgan fingerprint density at radius 1 is 1.40 bits per heavy atom.